The summed E-state index contributed by atoms with van der Waals surface area (Å²) in [5, 5.41) is 28.2. The highest BCUT2D eigenvalue weighted by Crippen LogP contribution is 2.40. The lowest BCUT2D eigenvalue weighted by Crippen LogP contribution is -2.40. The van der Waals surface area contributed by atoms with Gasteiger partial charge in [-0.1, -0.05) is 36.7 Å². The van der Waals surface area contributed by atoms with E-state index < -0.39 is 12.2 Å². The van der Waals surface area contributed by atoms with Crippen molar-refractivity contribution < 1.29 is 20.1 Å². The molecule has 0 fully saturated rings. The maximum absolute atomic E-state index is 10.3. The molecule has 3 N–H and O–H groups in total. The monoisotopic (exact) mass is 340 g/mol. The van der Waals surface area contributed by atoms with Gasteiger partial charge >= 0.3 is 0 Å². The van der Waals surface area contributed by atoms with Gasteiger partial charge in [0.15, 0.2) is 0 Å². The molecule has 0 aromatic rings. The zero-order valence-corrected chi connectivity index (χ0v) is 14.1. The smallest absolute Gasteiger partial charge is 0.100 e. The maximum atomic E-state index is 10.3. The fourth-order valence-electron chi connectivity index (χ4n) is 2.02. The number of ether oxygens (including phenoxy) is 1. The van der Waals surface area contributed by atoms with E-state index in [9.17, 15) is 10.2 Å². The van der Waals surface area contributed by atoms with E-state index in [0.29, 0.717) is 0 Å². The van der Waals surface area contributed by atoms with Gasteiger partial charge in [0.05, 0.1) is 25.9 Å². The first-order valence-corrected chi connectivity index (χ1v) is 7.73. The lowest BCUT2D eigenvalue weighted by atomic mass is 9.74. The summed E-state index contributed by atoms with van der Waals surface area (Å²) in [7, 11) is 0. The average Bonchev–Trinajstić information content (AvgIpc) is 2.37. The molecule has 0 saturated heterocycles. The number of hydrogen-bond acceptors (Lipinski definition) is 4. The molecule has 0 aliphatic rings. The first kappa shape index (κ1) is 19.3. The first-order valence-electron chi connectivity index (χ1n) is 6.94. The molecule has 0 aliphatic heterocycles. The molecular formula is C14H29BrO4. The van der Waals surface area contributed by atoms with Gasteiger partial charge in [-0.05, 0) is 31.6 Å². The van der Waals surface area contributed by atoms with Crippen molar-refractivity contribution in [1.29, 1.82) is 0 Å². The molecule has 0 aromatic carbocycles. The van der Waals surface area contributed by atoms with Gasteiger partial charge in [-0.15, -0.1) is 0 Å². The molecule has 0 amide bonds. The summed E-state index contributed by atoms with van der Waals surface area (Å²) in [6.45, 7) is 8.26. The van der Waals surface area contributed by atoms with Crippen molar-refractivity contribution in [3.05, 3.63) is 0 Å². The maximum Gasteiger partial charge on any atom is 0.100 e. The largest absolute Gasteiger partial charge is 0.394 e. The number of hydrogen-bond donors (Lipinski definition) is 3. The second-order valence-corrected chi connectivity index (χ2v) is 7.76. The van der Waals surface area contributed by atoms with Crippen molar-refractivity contribution >= 4 is 15.9 Å². The topological polar surface area (TPSA) is 69.9 Å². The molecule has 5 heteroatoms. The SMILES string of the molecule is CCC(C)(Br)CC(C)(CC)C(O)COCC(O)CO. The highest BCUT2D eigenvalue weighted by atomic mass is 79.9. The summed E-state index contributed by atoms with van der Waals surface area (Å²) in [6.07, 6.45) is 1.21. The van der Waals surface area contributed by atoms with Gasteiger partial charge in [0.1, 0.15) is 6.10 Å². The summed E-state index contributed by atoms with van der Waals surface area (Å²) in [6, 6.07) is 0. The molecule has 0 bridgehead atoms. The summed E-state index contributed by atoms with van der Waals surface area (Å²) in [4.78, 5) is 0. The molecule has 116 valence electrons. The number of aliphatic hydroxyl groups is 3. The van der Waals surface area contributed by atoms with Crippen LogP contribution < -0.4 is 0 Å². The van der Waals surface area contributed by atoms with Gasteiger partial charge in [0.2, 0.25) is 0 Å². The predicted octanol–water partition coefficient (Wildman–Crippen LogP) is 2.09. The normalized spacial score (nSPS) is 21.5. The number of aliphatic hydroxyl groups excluding tert-OH is 3. The van der Waals surface area contributed by atoms with E-state index in [1.807, 2.05) is 0 Å². The first-order chi connectivity index (χ1) is 8.70. The van der Waals surface area contributed by atoms with Crippen molar-refractivity contribution in [3.8, 4) is 0 Å². The van der Waals surface area contributed by atoms with Crippen molar-refractivity contribution in [1.82, 2.24) is 0 Å². The third kappa shape index (κ3) is 7.04. The fourth-order valence-corrected chi connectivity index (χ4v) is 2.66. The Kier molecular flexibility index (Phi) is 8.72. The molecule has 19 heavy (non-hydrogen) atoms. The minimum Gasteiger partial charge on any atom is -0.394 e. The van der Waals surface area contributed by atoms with Gasteiger partial charge in [-0.25, -0.2) is 0 Å². The van der Waals surface area contributed by atoms with E-state index in [4.69, 9.17) is 9.84 Å². The van der Waals surface area contributed by atoms with Crippen molar-refractivity contribution in [3.63, 3.8) is 0 Å². The second kappa shape index (κ2) is 8.57. The quantitative estimate of drug-likeness (QED) is 0.532. The van der Waals surface area contributed by atoms with Crippen LogP contribution in [0.15, 0.2) is 0 Å². The van der Waals surface area contributed by atoms with Gasteiger partial charge in [0, 0.05) is 4.32 Å². The fraction of sp³-hybridized carbons (Fsp3) is 1.00. The van der Waals surface area contributed by atoms with Gasteiger partial charge < -0.3 is 20.1 Å². The molecular weight excluding hydrogens is 312 g/mol. The Morgan fingerprint density at radius 1 is 1.11 bits per heavy atom. The van der Waals surface area contributed by atoms with Crippen LogP contribution in [0.25, 0.3) is 0 Å². The van der Waals surface area contributed by atoms with Crippen LogP contribution in [0.3, 0.4) is 0 Å². The number of rotatable bonds is 10. The minimum atomic E-state index is -0.878. The summed E-state index contributed by atoms with van der Waals surface area (Å²) in [5.74, 6) is 0. The summed E-state index contributed by atoms with van der Waals surface area (Å²) >= 11 is 3.70. The Labute approximate surface area is 125 Å². The predicted molar refractivity (Wildman–Crippen MR) is 80.6 cm³/mol. The zero-order chi connectivity index (χ0) is 15.1. The lowest BCUT2D eigenvalue weighted by molar-refractivity contribution is -0.0669. The highest BCUT2D eigenvalue weighted by molar-refractivity contribution is 9.10. The highest BCUT2D eigenvalue weighted by Gasteiger charge is 2.37. The van der Waals surface area contributed by atoms with Crippen LogP contribution >= 0.6 is 15.9 Å². The molecule has 0 aromatic heterocycles. The molecule has 0 aliphatic carbocycles. The van der Waals surface area contributed by atoms with Gasteiger partial charge in [-0.2, -0.15) is 0 Å². The van der Waals surface area contributed by atoms with Crippen LogP contribution in [0.2, 0.25) is 0 Å². The summed E-state index contributed by atoms with van der Waals surface area (Å²) < 4.78 is 5.27. The Morgan fingerprint density at radius 3 is 2.11 bits per heavy atom. The van der Waals surface area contributed by atoms with Crippen molar-refractivity contribution in [2.45, 2.75) is 63.5 Å². The van der Waals surface area contributed by atoms with E-state index in [1.54, 1.807) is 0 Å². The van der Waals surface area contributed by atoms with Crippen LogP contribution in [0.4, 0.5) is 0 Å². The second-order valence-electron chi connectivity index (χ2n) is 5.84. The van der Waals surface area contributed by atoms with Crippen LogP contribution in [0.5, 0.6) is 0 Å². The molecule has 4 atom stereocenters. The third-order valence-corrected chi connectivity index (χ3v) is 4.76. The van der Waals surface area contributed by atoms with Crippen LogP contribution in [-0.2, 0) is 4.74 Å². The number of halogens is 1. The third-order valence-electron chi connectivity index (χ3n) is 3.92. The zero-order valence-electron chi connectivity index (χ0n) is 12.5. The molecule has 0 saturated carbocycles. The van der Waals surface area contributed by atoms with E-state index in [2.05, 4.69) is 43.6 Å². The Morgan fingerprint density at radius 2 is 1.68 bits per heavy atom. The van der Waals surface area contributed by atoms with E-state index in [-0.39, 0.29) is 29.6 Å². The number of alkyl halides is 1. The van der Waals surface area contributed by atoms with E-state index in [1.165, 1.54) is 0 Å². The van der Waals surface area contributed by atoms with Crippen molar-refractivity contribution in [2.75, 3.05) is 19.8 Å². The molecule has 4 nitrogen and oxygen atoms in total. The Balaban J connectivity index is 4.40. The lowest BCUT2D eigenvalue weighted by Gasteiger charge is -2.39. The molecule has 0 spiro atoms. The van der Waals surface area contributed by atoms with Crippen LogP contribution in [0.1, 0.15) is 47.0 Å². The van der Waals surface area contributed by atoms with E-state index >= 15 is 0 Å². The Hall–Kier alpha value is 0.320. The standard InChI is InChI=1S/C14H29BrO4/c1-5-13(3,10-14(4,15)6-2)12(18)9-19-8-11(17)7-16/h11-12,16-18H,5-10H2,1-4H3. The van der Waals surface area contributed by atoms with E-state index in [0.717, 1.165) is 19.3 Å². The molecule has 4 unspecified atom stereocenters. The molecule has 0 rings (SSSR count). The minimum absolute atomic E-state index is 0.00333. The molecule has 0 heterocycles. The van der Waals surface area contributed by atoms with Crippen molar-refractivity contribution in [2.24, 2.45) is 5.41 Å². The summed E-state index contributed by atoms with van der Waals surface area (Å²) in [5.41, 5.74) is -0.238. The van der Waals surface area contributed by atoms with Gasteiger partial charge in [-0.3, -0.25) is 0 Å². The molecule has 0 radical (unpaired) electrons. The van der Waals surface area contributed by atoms with Gasteiger partial charge in [0.25, 0.3) is 0 Å². The average molecular weight is 341 g/mol. The van der Waals surface area contributed by atoms with Crippen LogP contribution in [0, 0.1) is 5.41 Å². The Bertz CT molecular complexity index is 248. The van der Waals surface area contributed by atoms with Crippen LogP contribution in [-0.4, -0.2) is 51.7 Å².